The van der Waals surface area contributed by atoms with E-state index < -0.39 is 0 Å². The highest BCUT2D eigenvalue weighted by Gasteiger charge is 2.07. The van der Waals surface area contributed by atoms with Crippen molar-refractivity contribution in [3.05, 3.63) is 53.1 Å². The van der Waals surface area contributed by atoms with Gasteiger partial charge in [0.1, 0.15) is 0 Å². The lowest BCUT2D eigenvalue weighted by molar-refractivity contribution is 0.589. The highest BCUT2D eigenvalue weighted by molar-refractivity contribution is 5.69. The maximum atomic E-state index is 8.90. The molecule has 1 heteroatoms. The van der Waals surface area contributed by atoms with E-state index in [1.54, 1.807) is 0 Å². The van der Waals surface area contributed by atoms with Crippen LogP contribution in [0.5, 0.6) is 0 Å². The third-order valence-electron chi connectivity index (χ3n) is 4.69. The minimum Gasteiger partial charge on any atom is -0.193 e. The summed E-state index contributed by atoms with van der Waals surface area (Å²) in [5.41, 5.74) is 5.00. The lowest BCUT2D eigenvalue weighted by Gasteiger charge is -2.12. The number of hydrogen-bond acceptors (Lipinski definition) is 1. The number of nitriles is 1. The number of allylic oxidation sites excluding steroid dienone is 4. The molecule has 1 aliphatic carbocycles. The number of hydrogen-bond donors (Lipinski definition) is 0. The minimum absolute atomic E-state index is 0.877. The Bertz CT molecular complexity index is 569. The zero-order valence-corrected chi connectivity index (χ0v) is 14.5. The van der Waals surface area contributed by atoms with Crippen molar-refractivity contribution in [3.63, 3.8) is 0 Å². The van der Waals surface area contributed by atoms with Crippen LogP contribution in [0.3, 0.4) is 0 Å². The average molecular weight is 307 g/mol. The Morgan fingerprint density at radius 3 is 2.17 bits per heavy atom. The summed E-state index contributed by atoms with van der Waals surface area (Å²) in [6.07, 6.45) is 16.7. The molecule has 0 bridgehead atoms. The summed E-state index contributed by atoms with van der Waals surface area (Å²) in [5.74, 6) is 0. The average Bonchev–Trinajstić information content (AvgIpc) is 2.61. The molecule has 1 aromatic carbocycles. The Kier molecular flexibility index (Phi) is 7.67. The summed E-state index contributed by atoms with van der Waals surface area (Å²) in [7, 11) is 0. The van der Waals surface area contributed by atoms with Gasteiger partial charge in [0.25, 0.3) is 0 Å². The molecule has 23 heavy (non-hydrogen) atoms. The first-order valence-electron chi connectivity index (χ1n) is 9.22. The molecule has 1 aromatic rings. The summed E-state index contributed by atoms with van der Waals surface area (Å²) in [6, 6.07) is 11.3. The van der Waals surface area contributed by atoms with E-state index in [1.807, 2.05) is 6.08 Å². The van der Waals surface area contributed by atoms with Crippen molar-refractivity contribution in [2.45, 2.75) is 71.1 Å². The fraction of sp³-hybridized carbons (Fsp3) is 0.500. The van der Waals surface area contributed by atoms with Crippen molar-refractivity contribution in [1.82, 2.24) is 0 Å². The predicted octanol–water partition coefficient (Wildman–Crippen LogP) is 6.61. The van der Waals surface area contributed by atoms with Crippen LogP contribution in [0.4, 0.5) is 0 Å². The highest BCUT2D eigenvalue weighted by atomic mass is 14.2. The van der Waals surface area contributed by atoms with Gasteiger partial charge in [-0.2, -0.15) is 5.26 Å². The molecule has 1 nitrogen and oxygen atoms in total. The first kappa shape index (κ1) is 17.5. The van der Waals surface area contributed by atoms with Crippen LogP contribution in [0.25, 0.3) is 5.57 Å². The van der Waals surface area contributed by atoms with Crippen molar-refractivity contribution >= 4 is 5.57 Å². The van der Waals surface area contributed by atoms with Gasteiger partial charge < -0.3 is 0 Å². The molecule has 0 saturated carbocycles. The number of benzene rings is 1. The second-order valence-electron chi connectivity index (χ2n) is 6.56. The topological polar surface area (TPSA) is 23.8 Å². The van der Waals surface area contributed by atoms with Gasteiger partial charge in [0, 0.05) is 5.57 Å². The van der Waals surface area contributed by atoms with Gasteiger partial charge in [0.2, 0.25) is 0 Å². The van der Waals surface area contributed by atoms with E-state index in [1.165, 1.54) is 68.1 Å². The fourth-order valence-electron chi connectivity index (χ4n) is 3.14. The van der Waals surface area contributed by atoms with Crippen molar-refractivity contribution in [1.29, 1.82) is 5.26 Å². The molecule has 0 fully saturated rings. The van der Waals surface area contributed by atoms with Gasteiger partial charge in [0.05, 0.1) is 6.07 Å². The summed E-state index contributed by atoms with van der Waals surface area (Å²) >= 11 is 0. The number of nitrogens with zero attached hydrogens (tertiary/aromatic N) is 1. The van der Waals surface area contributed by atoms with E-state index in [0.717, 1.165) is 18.4 Å². The minimum atomic E-state index is 0.877. The second kappa shape index (κ2) is 10.1. The molecule has 0 radical (unpaired) electrons. The van der Waals surface area contributed by atoms with Crippen LogP contribution in [-0.4, -0.2) is 0 Å². The third-order valence-corrected chi connectivity index (χ3v) is 4.69. The van der Waals surface area contributed by atoms with E-state index >= 15 is 0 Å². The predicted molar refractivity (Wildman–Crippen MR) is 99.0 cm³/mol. The molecule has 0 unspecified atom stereocenters. The molecule has 122 valence electrons. The zero-order valence-electron chi connectivity index (χ0n) is 14.5. The highest BCUT2D eigenvalue weighted by Crippen LogP contribution is 2.26. The largest absolute Gasteiger partial charge is 0.193 e. The summed E-state index contributed by atoms with van der Waals surface area (Å²) in [4.78, 5) is 0. The molecule has 0 aromatic heterocycles. The maximum absolute atomic E-state index is 8.90. The molecular formula is C22H29N. The van der Waals surface area contributed by atoms with E-state index in [0.29, 0.717) is 0 Å². The van der Waals surface area contributed by atoms with Crippen molar-refractivity contribution in [2.75, 3.05) is 0 Å². The molecule has 0 atom stereocenters. The standard InChI is InChI=1S/C22H29N/c1-2-3-4-5-6-7-8-9-19-10-14-21(15-11-19)22-16-12-20(18-23)13-17-22/h10-12,14-16H,2-9,13,17H2,1H3. The molecule has 0 amide bonds. The van der Waals surface area contributed by atoms with E-state index in [4.69, 9.17) is 5.26 Å². The SMILES string of the molecule is CCCCCCCCCc1ccc(C2=CC=C(C#N)CC2)cc1. The molecule has 0 spiro atoms. The molecule has 0 saturated heterocycles. The van der Waals surface area contributed by atoms with E-state index in [9.17, 15) is 0 Å². The van der Waals surface area contributed by atoms with Gasteiger partial charge in [0.15, 0.2) is 0 Å². The Labute approximate surface area is 141 Å². The Morgan fingerprint density at radius 1 is 0.870 bits per heavy atom. The Hall–Kier alpha value is -1.81. The van der Waals surface area contributed by atoms with Crippen LogP contribution in [-0.2, 0) is 6.42 Å². The monoisotopic (exact) mass is 307 g/mol. The normalized spacial score (nSPS) is 14.1. The molecule has 0 aliphatic heterocycles. The van der Waals surface area contributed by atoms with E-state index in [-0.39, 0.29) is 0 Å². The van der Waals surface area contributed by atoms with E-state index in [2.05, 4.69) is 43.3 Å². The Balaban J connectivity index is 1.74. The summed E-state index contributed by atoms with van der Waals surface area (Å²) < 4.78 is 0. The number of unbranched alkanes of at least 4 members (excludes halogenated alkanes) is 6. The maximum Gasteiger partial charge on any atom is 0.0947 e. The van der Waals surface area contributed by atoms with Crippen LogP contribution in [0, 0.1) is 11.3 Å². The summed E-state index contributed by atoms with van der Waals surface area (Å²) in [6.45, 7) is 2.27. The van der Waals surface area contributed by atoms with Gasteiger partial charge >= 0.3 is 0 Å². The van der Waals surface area contributed by atoms with Gasteiger partial charge in [-0.3, -0.25) is 0 Å². The van der Waals surface area contributed by atoms with Crippen LogP contribution < -0.4 is 0 Å². The summed E-state index contributed by atoms with van der Waals surface area (Å²) in [5, 5.41) is 8.90. The number of rotatable bonds is 9. The lowest BCUT2D eigenvalue weighted by atomic mass is 9.93. The molecule has 1 aliphatic rings. The first-order chi connectivity index (χ1) is 11.3. The molecule has 0 N–H and O–H groups in total. The van der Waals surface area contributed by atoms with Crippen LogP contribution >= 0.6 is 0 Å². The van der Waals surface area contributed by atoms with Crippen molar-refractivity contribution in [3.8, 4) is 6.07 Å². The van der Waals surface area contributed by atoms with Gasteiger partial charge in [-0.1, -0.05) is 75.8 Å². The van der Waals surface area contributed by atoms with Crippen LogP contribution in [0.1, 0.15) is 75.8 Å². The van der Waals surface area contributed by atoms with Crippen molar-refractivity contribution in [2.24, 2.45) is 0 Å². The van der Waals surface area contributed by atoms with Gasteiger partial charge in [-0.15, -0.1) is 0 Å². The van der Waals surface area contributed by atoms with Crippen LogP contribution in [0.15, 0.2) is 42.0 Å². The van der Waals surface area contributed by atoms with Crippen LogP contribution in [0.2, 0.25) is 0 Å². The molecular weight excluding hydrogens is 278 g/mol. The lowest BCUT2D eigenvalue weighted by Crippen LogP contribution is -1.93. The zero-order chi connectivity index (χ0) is 16.3. The van der Waals surface area contributed by atoms with Gasteiger partial charge in [-0.05, 0) is 48.5 Å². The fourth-order valence-corrected chi connectivity index (χ4v) is 3.14. The Morgan fingerprint density at radius 2 is 1.57 bits per heavy atom. The van der Waals surface area contributed by atoms with Crippen molar-refractivity contribution < 1.29 is 0 Å². The van der Waals surface area contributed by atoms with Gasteiger partial charge in [-0.25, -0.2) is 0 Å². The third kappa shape index (κ3) is 6.06. The molecule has 2 rings (SSSR count). The second-order valence-corrected chi connectivity index (χ2v) is 6.56. The number of aryl methyl sites for hydroxylation is 1. The molecule has 0 heterocycles. The quantitative estimate of drug-likeness (QED) is 0.471. The smallest absolute Gasteiger partial charge is 0.0947 e. The first-order valence-corrected chi connectivity index (χ1v) is 9.22.